The van der Waals surface area contributed by atoms with Crippen molar-refractivity contribution >= 4 is 11.6 Å². The zero-order valence-corrected chi connectivity index (χ0v) is 11.4. The topological polar surface area (TPSA) is 66.6 Å². The van der Waals surface area contributed by atoms with Gasteiger partial charge in [-0.3, -0.25) is 4.79 Å². The molecule has 1 fully saturated rings. The van der Waals surface area contributed by atoms with Crippen LogP contribution in [0.4, 0.5) is 5.69 Å². The number of carbonyl (C=O) groups excluding carboxylic acids is 1. The molecule has 4 heteroatoms. The molecule has 1 aromatic rings. The summed E-state index contributed by atoms with van der Waals surface area (Å²) in [5.74, 6) is 0.0357. The first-order valence-electron chi connectivity index (χ1n) is 6.91. The summed E-state index contributed by atoms with van der Waals surface area (Å²) in [5.41, 5.74) is 8.09. The lowest BCUT2D eigenvalue weighted by molar-refractivity contribution is 0.0574. The number of anilines is 1. The Labute approximate surface area is 114 Å². The van der Waals surface area contributed by atoms with Gasteiger partial charge in [-0.1, -0.05) is 0 Å². The highest BCUT2D eigenvalue weighted by atomic mass is 16.3. The van der Waals surface area contributed by atoms with Gasteiger partial charge in [0.15, 0.2) is 0 Å². The van der Waals surface area contributed by atoms with Crippen molar-refractivity contribution in [1.29, 1.82) is 0 Å². The van der Waals surface area contributed by atoms with Crippen molar-refractivity contribution in [2.75, 3.05) is 18.9 Å². The number of nitrogen functional groups attached to an aromatic ring is 1. The van der Waals surface area contributed by atoms with Gasteiger partial charge in [0.2, 0.25) is 0 Å². The van der Waals surface area contributed by atoms with E-state index in [-0.39, 0.29) is 18.6 Å². The number of carbonyl (C=O) groups is 1. The van der Waals surface area contributed by atoms with E-state index in [2.05, 4.69) is 0 Å². The molecule has 19 heavy (non-hydrogen) atoms. The Morgan fingerprint density at radius 1 is 1.42 bits per heavy atom. The normalized spacial score (nSPS) is 19.5. The van der Waals surface area contributed by atoms with Crippen molar-refractivity contribution in [3.63, 3.8) is 0 Å². The van der Waals surface area contributed by atoms with Crippen LogP contribution in [0.5, 0.6) is 0 Å². The van der Waals surface area contributed by atoms with Gasteiger partial charge in [-0.15, -0.1) is 0 Å². The molecule has 1 saturated heterocycles. The van der Waals surface area contributed by atoms with E-state index in [0.29, 0.717) is 17.7 Å². The number of hydrogen-bond donors (Lipinski definition) is 2. The van der Waals surface area contributed by atoms with Crippen molar-refractivity contribution in [2.45, 2.75) is 38.6 Å². The summed E-state index contributed by atoms with van der Waals surface area (Å²) < 4.78 is 0. The number of nitrogens with two attached hydrogens (primary N) is 1. The van der Waals surface area contributed by atoms with Crippen molar-refractivity contribution in [3.05, 3.63) is 29.3 Å². The van der Waals surface area contributed by atoms with Gasteiger partial charge in [-0.25, -0.2) is 0 Å². The van der Waals surface area contributed by atoms with Crippen LogP contribution in [-0.2, 0) is 0 Å². The van der Waals surface area contributed by atoms with Gasteiger partial charge < -0.3 is 15.7 Å². The maximum Gasteiger partial charge on any atom is 0.254 e. The number of rotatable bonds is 3. The van der Waals surface area contributed by atoms with E-state index in [1.165, 1.54) is 0 Å². The molecule has 0 spiro atoms. The van der Waals surface area contributed by atoms with Crippen LogP contribution in [-0.4, -0.2) is 35.1 Å². The summed E-state index contributed by atoms with van der Waals surface area (Å²) in [6.07, 6.45) is 3.81. The molecular formula is C15H22N2O2. The number of amides is 1. The zero-order valence-electron chi connectivity index (χ0n) is 11.4. The molecule has 0 bridgehead atoms. The minimum Gasteiger partial charge on any atom is -0.399 e. The lowest BCUT2D eigenvalue weighted by Crippen LogP contribution is -2.44. The van der Waals surface area contributed by atoms with Crippen LogP contribution in [0.15, 0.2) is 18.2 Å². The third-order valence-electron chi connectivity index (χ3n) is 3.70. The molecule has 1 heterocycles. The molecule has 1 atom stereocenters. The van der Waals surface area contributed by atoms with Crippen LogP contribution in [0.2, 0.25) is 0 Å². The first kappa shape index (κ1) is 13.9. The van der Waals surface area contributed by atoms with E-state index in [9.17, 15) is 4.79 Å². The molecule has 1 aliphatic rings. The second-order valence-corrected chi connectivity index (χ2v) is 5.29. The molecule has 1 amide bonds. The lowest BCUT2D eigenvalue weighted by atomic mass is 9.98. The maximum atomic E-state index is 12.6. The molecule has 3 N–H and O–H groups in total. The first-order valence-corrected chi connectivity index (χ1v) is 6.91. The number of piperidine rings is 1. The van der Waals surface area contributed by atoms with Gasteiger partial charge in [0, 0.05) is 30.4 Å². The number of likely N-dealkylation sites (tertiary alicyclic amines) is 1. The second-order valence-electron chi connectivity index (χ2n) is 5.29. The van der Waals surface area contributed by atoms with Crippen LogP contribution in [0.1, 0.15) is 41.6 Å². The summed E-state index contributed by atoms with van der Waals surface area (Å²) in [6.45, 7) is 2.84. The van der Waals surface area contributed by atoms with Crippen LogP contribution in [0, 0.1) is 6.92 Å². The summed E-state index contributed by atoms with van der Waals surface area (Å²) >= 11 is 0. The third-order valence-corrected chi connectivity index (χ3v) is 3.70. The van der Waals surface area contributed by atoms with Crippen molar-refractivity contribution in [2.24, 2.45) is 0 Å². The Morgan fingerprint density at radius 3 is 2.89 bits per heavy atom. The Balaban J connectivity index is 2.20. The number of hydrogen-bond acceptors (Lipinski definition) is 3. The largest absolute Gasteiger partial charge is 0.399 e. The van der Waals surface area contributed by atoms with E-state index in [0.717, 1.165) is 31.4 Å². The summed E-state index contributed by atoms with van der Waals surface area (Å²) in [6, 6.07) is 5.63. The highest BCUT2D eigenvalue weighted by Crippen LogP contribution is 2.23. The lowest BCUT2D eigenvalue weighted by Gasteiger charge is -2.35. The Hall–Kier alpha value is -1.55. The van der Waals surface area contributed by atoms with E-state index in [1.54, 1.807) is 6.07 Å². The average molecular weight is 262 g/mol. The second kappa shape index (κ2) is 6.06. The van der Waals surface area contributed by atoms with Crippen LogP contribution >= 0.6 is 0 Å². The molecule has 1 aliphatic heterocycles. The standard InChI is InChI=1S/C15H22N2O2/c1-11-8-12(10-13(16)9-11)15(19)17-6-3-2-4-14(17)5-7-18/h8-10,14,18H,2-7,16H2,1H3. The zero-order chi connectivity index (χ0) is 13.8. The quantitative estimate of drug-likeness (QED) is 0.818. The summed E-state index contributed by atoms with van der Waals surface area (Å²) in [7, 11) is 0. The average Bonchev–Trinajstić information content (AvgIpc) is 2.38. The number of aryl methyl sites for hydroxylation is 1. The van der Waals surface area contributed by atoms with Gasteiger partial charge >= 0.3 is 0 Å². The smallest absolute Gasteiger partial charge is 0.254 e. The SMILES string of the molecule is Cc1cc(N)cc(C(=O)N2CCCCC2CCO)c1. The van der Waals surface area contributed by atoms with Gasteiger partial charge in [0.1, 0.15) is 0 Å². The molecule has 0 aliphatic carbocycles. The van der Waals surface area contributed by atoms with Crippen molar-refractivity contribution in [3.8, 4) is 0 Å². The molecule has 104 valence electrons. The first-order chi connectivity index (χ1) is 9.11. The Bertz CT molecular complexity index is 437. The molecular weight excluding hydrogens is 240 g/mol. The molecule has 1 aromatic carbocycles. The van der Waals surface area contributed by atoms with E-state index < -0.39 is 0 Å². The third kappa shape index (κ3) is 3.26. The number of aliphatic hydroxyl groups excluding tert-OH is 1. The fraction of sp³-hybridized carbons (Fsp3) is 0.533. The summed E-state index contributed by atoms with van der Waals surface area (Å²) in [5, 5.41) is 9.12. The number of nitrogens with zero attached hydrogens (tertiary/aromatic N) is 1. The minimum atomic E-state index is 0.0357. The van der Waals surface area contributed by atoms with Crippen molar-refractivity contribution in [1.82, 2.24) is 4.90 Å². The number of aliphatic hydroxyl groups is 1. The fourth-order valence-electron chi connectivity index (χ4n) is 2.82. The van der Waals surface area contributed by atoms with Crippen LogP contribution < -0.4 is 5.73 Å². The maximum absolute atomic E-state index is 12.6. The summed E-state index contributed by atoms with van der Waals surface area (Å²) in [4.78, 5) is 14.5. The highest BCUT2D eigenvalue weighted by Gasteiger charge is 2.27. The van der Waals surface area contributed by atoms with Gasteiger partial charge in [0.25, 0.3) is 5.91 Å². The van der Waals surface area contributed by atoms with Crippen LogP contribution in [0.3, 0.4) is 0 Å². The minimum absolute atomic E-state index is 0.0357. The molecule has 2 rings (SSSR count). The molecule has 0 saturated carbocycles. The van der Waals surface area contributed by atoms with E-state index in [1.807, 2.05) is 24.0 Å². The molecule has 0 aromatic heterocycles. The van der Waals surface area contributed by atoms with Crippen molar-refractivity contribution < 1.29 is 9.90 Å². The molecule has 4 nitrogen and oxygen atoms in total. The molecule has 1 unspecified atom stereocenters. The number of benzene rings is 1. The van der Waals surface area contributed by atoms with Gasteiger partial charge in [-0.05, 0) is 56.4 Å². The fourth-order valence-corrected chi connectivity index (χ4v) is 2.82. The Morgan fingerprint density at radius 2 is 2.21 bits per heavy atom. The van der Waals surface area contributed by atoms with Gasteiger partial charge in [0.05, 0.1) is 0 Å². The predicted octanol–water partition coefficient (Wildman–Crippen LogP) is 1.95. The molecule has 0 radical (unpaired) electrons. The van der Waals surface area contributed by atoms with E-state index >= 15 is 0 Å². The Kier molecular flexibility index (Phi) is 4.43. The highest BCUT2D eigenvalue weighted by molar-refractivity contribution is 5.95. The van der Waals surface area contributed by atoms with Crippen LogP contribution in [0.25, 0.3) is 0 Å². The van der Waals surface area contributed by atoms with E-state index in [4.69, 9.17) is 10.8 Å². The monoisotopic (exact) mass is 262 g/mol. The van der Waals surface area contributed by atoms with Gasteiger partial charge in [-0.2, -0.15) is 0 Å². The predicted molar refractivity (Wildman–Crippen MR) is 76.0 cm³/mol.